The molecule has 0 aliphatic carbocycles. The zero-order valence-corrected chi connectivity index (χ0v) is 19.4. The molecule has 34 heavy (non-hydrogen) atoms. The molecule has 4 aromatic rings. The van der Waals surface area contributed by atoms with Gasteiger partial charge < -0.3 is 9.47 Å². The van der Waals surface area contributed by atoms with Crippen LogP contribution < -0.4 is 14.9 Å². The summed E-state index contributed by atoms with van der Waals surface area (Å²) in [6, 6.07) is 22.2. The number of hydrazone groups is 1. The van der Waals surface area contributed by atoms with Crippen molar-refractivity contribution in [3.05, 3.63) is 106 Å². The van der Waals surface area contributed by atoms with E-state index in [-0.39, 0.29) is 10.6 Å². The van der Waals surface area contributed by atoms with Gasteiger partial charge in [0.1, 0.15) is 11.5 Å². The second-order valence-corrected chi connectivity index (χ2v) is 7.98. The number of hydrogen-bond acceptors (Lipinski definition) is 5. The normalized spacial score (nSPS) is 10.9. The Labute approximate surface area is 205 Å². The monoisotopic (exact) mass is 492 g/mol. The first kappa shape index (κ1) is 23.3. The molecule has 0 unspecified atom stereocenters. The Bertz CT molecular complexity index is 1400. The van der Waals surface area contributed by atoms with Gasteiger partial charge in [-0.25, -0.2) is 10.2 Å². The first-order valence-electron chi connectivity index (χ1n) is 10.1. The number of carbonyl (C=O) groups excluding carboxylic acids is 2. The fraction of sp³-hybridized carbons (Fsp3) is 0.0385. The molecule has 0 aliphatic heterocycles. The molecule has 4 aromatic carbocycles. The highest BCUT2D eigenvalue weighted by atomic mass is 35.5. The quantitative estimate of drug-likeness (QED) is 0.152. The Morgan fingerprint density at radius 2 is 1.71 bits per heavy atom. The van der Waals surface area contributed by atoms with E-state index in [1.807, 2.05) is 30.3 Å². The van der Waals surface area contributed by atoms with Crippen molar-refractivity contribution >= 4 is 52.1 Å². The molecule has 0 saturated heterocycles. The predicted molar refractivity (Wildman–Crippen MR) is 133 cm³/mol. The number of hydrogen-bond donors (Lipinski definition) is 1. The van der Waals surface area contributed by atoms with Crippen LogP contribution in [0.25, 0.3) is 10.8 Å². The van der Waals surface area contributed by atoms with Gasteiger partial charge in [-0.1, -0.05) is 53.5 Å². The minimum atomic E-state index is -0.537. The SMILES string of the molecule is COc1ccc(C(=O)Oc2ccc3ccccc3c2/C=N\NC(=O)c2ccc(Cl)cc2Cl)cc1. The highest BCUT2D eigenvalue weighted by Crippen LogP contribution is 2.28. The molecule has 0 spiro atoms. The Hall–Kier alpha value is -3.87. The molecule has 1 N–H and O–H groups in total. The van der Waals surface area contributed by atoms with E-state index >= 15 is 0 Å². The summed E-state index contributed by atoms with van der Waals surface area (Å²) >= 11 is 12.0. The number of carbonyl (C=O) groups is 2. The van der Waals surface area contributed by atoms with Crippen molar-refractivity contribution in [1.29, 1.82) is 0 Å². The molecule has 0 aromatic heterocycles. The summed E-state index contributed by atoms with van der Waals surface area (Å²) in [5.74, 6) is -0.117. The number of methoxy groups -OCH3 is 1. The van der Waals surface area contributed by atoms with Crippen molar-refractivity contribution in [3.63, 3.8) is 0 Å². The van der Waals surface area contributed by atoms with E-state index in [0.717, 1.165) is 10.8 Å². The minimum absolute atomic E-state index is 0.208. The van der Waals surface area contributed by atoms with Gasteiger partial charge in [-0.3, -0.25) is 4.79 Å². The van der Waals surface area contributed by atoms with Crippen LogP contribution in [0.5, 0.6) is 11.5 Å². The van der Waals surface area contributed by atoms with Crippen molar-refractivity contribution in [2.75, 3.05) is 7.11 Å². The lowest BCUT2D eigenvalue weighted by molar-refractivity contribution is 0.0734. The largest absolute Gasteiger partial charge is 0.497 e. The number of esters is 1. The van der Waals surface area contributed by atoms with Crippen LogP contribution in [0.4, 0.5) is 0 Å². The van der Waals surface area contributed by atoms with Crippen molar-refractivity contribution in [2.45, 2.75) is 0 Å². The van der Waals surface area contributed by atoms with Crippen LogP contribution in [0.15, 0.2) is 84.0 Å². The highest BCUT2D eigenvalue weighted by molar-refractivity contribution is 6.36. The molecule has 0 fully saturated rings. The second kappa shape index (κ2) is 10.4. The van der Waals surface area contributed by atoms with Crippen LogP contribution in [-0.2, 0) is 0 Å². The number of fused-ring (bicyclic) bond motifs is 1. The van der Waals surface area contributed by atoms with Crippen LogP contribution in [-0.4, -0.2) is 25.2 Å². The van der Waals surface area contributed by atoms with Gasteiger partial charge in [0.2, 0.25) is 0 Å². The molecule has 0 bridgehead atoms. The average Bonchev–Trinajstić information content (AvgIpc) is 2.85. The standard InChI is InChI=1S/C26H18Cl2N2O4/c1-33-19-10-6-17(7-11-19)26(32)34-24-13-8-16-4-2-3-5-20(16)22(24)15-29-30-25(31)21-12-9-18(27)14-23(21)28/h2-15H,1H3,(H,30,31)/b29-15-. The summed E-state index contributed by atoms with van der Waals surface area (Å²) in [5, 5.41) is 6.41. The molecule has 0 atom stereocenters. The van der Waals surface area contributed by atoms with Crippen LogP contribution >= 0.6 is 23.2 Å². The Morgan fingerprint density at radius 1 is 0.941 bits per heavy atom. The Balaban J connectivity index is 1.61. The van der Waals surface area contributed by atoms with Crippen LogP contribution in [0.2, 0.25) is 10.0 Å². The first-order chi connectivity index (χ1) is 16.5. The van der Waals surface area contributed by atoms with Crippen molar-refractivity contribution in [1.82, 2.24) is 5.43 Å². The average molecular weight is 493 g/mol. The lowest BCUT2D eigenvalue weighted by Gasteiger charge is -2.11. The zero-order valence-electron chi connectivity index (χ0n) is 17.9. The fourth-order valence-electron chi connectivity index (χ4n) is 3.27. The summed E-state index contributed by atoms with van der Waals surface area (Å²) in [5.41, 5.74) is 3.57. The van der Waals surface area contributed by atoms with Gasteiger partial charge >= 0.3 is 5.97 Å². The van der Waals surface area contributed by atoms with Crippen LogP contribution in [0.3, 0.4) is 0 Å². The third-order valence-electron chi connectivity index (χ3n) is 4.99. The summed E-state index contributed by atoms with van der Waals surface area (Å²) < 4.78 is 10.8. The topological polar surface area (TPSA) is 77.0 Å². The Kier molecular flexibility index (Phi) is 7.11. The predicted octanol–water partition coefficient (Wildman–Crippen LogP) is 6.14. The van der Waals surface area contributed by atoms with Crippen molar-refractivity contribution in [2.24, 2.45) is 5.10 Å². The molecule has 0 radical (unpaired) electrons. The van der Waals surface area contributed by atoms with E-state index < -0.39 is 11.9 Å². The number of halogens is 2. The zero-order chi connectivity index (χ0) is 24.1. The molecule has 170 valence electrons. The molecular weight excluding hydrogens is 475 g/mol. The lowest BCUT2D eigenvalue weighted by atomic mass is 10.0. The smallest absolute Gasteiger partial charge is 0.343 e. The van der Waals surface area contributed by atoms with E-state index in [4.69, 9.17) is 32.7 Å². The van der Waals surface area contributed by atoms with E-state index in [9.17, 15) is 9.59 Å². The van der Waals surface area contributed by atoms with Crippen LogP contribution in [0.1, 0.15) is 26.3 Å². The van der Waals surface area contributed by atoms with E-state index in [1.165, 1.54) is 18.3 Å². The number of nitrogens with one attached hydrogen (secondary N) is 1. The molecule has 4 rings (SSSR count). The molecule has 1 amide bonds. The first-order valence-corrected chi connectivity index (χ1v) is 10.9. The van der Waals surface area contributed by atoms with Crippen LogP contribution in [0, 0.1) is 0 Å². The van der Waals surface area contributed by atoms with Gasteiger partial charge in [-0.15, -0.1) is 0 Å². The number of amides is 1. The maximum absolute atomic E-state index is 12.7. The summed E-state index contributed by atoms with van der Waals surface area (Å²) in [6.45, 7) is 0. The Morgan fingerprint density at radius 3 is 2.44 bits per heavy atom. The van der Waals surface area contributed by atoms with Crippen molar-refractivity contribution in [3.8, 4) is 11.5 Å². The van der Waals surface area contributed by atoms with Gasteiger partial charge in [0.05, 0.1) is 29.5 Å². The number of ether oxygens (including phenoxy) is 2. The lowest BCUT2D eigenvalue weighted by Crippen LogP contribution is -2.18. The van der Waals surface area contributed by atoms with E-state index in [1.54, 1.807) is 43.5 Å². The fourth-order valence-corrected chi connectivity index (χ4v) is 3.77. The van der Waals surface area contributed by atoms with Gasteiger partial charge in [0, 0.05) is 10.6 Å². The number of benzene rings is 4. The highest BCUT2D eigenvalue weighted by Gasteiger charge is 2.14. The summed E-state index contributed by atoms with van der Waals surface area (Å²) in [4.78, 5) is 25.2. The van der Waals surface area contributed by atoms with Crippen molar-refractivity contribution < 1.29 is 19.1 Å². The molecule has 0 heterocycles. The van der Waals surface area contributed by atoms with Gasteiger partial charge in [0.15, 0.2) is 0 Å². The summed E-state index contributed by atoms with van der Waals surface area (Å²) in [6.07, 6.45) is 1.43. The molecule has 6 nitrogen and oxygen atoms in total. The number of rotatable bonds is 6. The maximum atomic E-state index is 12.7. The minimum Gasteiger partial charge on any atom is -0.497 e. The second-order valence-electron chi connectivity index (χ2n) is 7.14. The van der Waals surface area contributed by atoms with Gasteiger partial charge in [0.25, 0.3) is 5.91 Å². The third-order valence-corrected chi connectivity index (χ3v) is 5.54. The van der Waals surface area contributed by atoms with E-state index in [2.05, 4.69) is 10.5 Å². The van der Waals surface area contributed by atoms with E-state index in [0.29, 0.717) is 27.6 Å². The molecule has 8 heteroatoms. The molecule has 0 aliphatic rings. The van der Waals surface area contributed by atoms with Gasteiger partial charge in [-0.2, -0.15) is 5.10 Å². The maximum Gasteiger partial charge on any atom is 0.343 e. The van der Waals surface area contributed by atoms with Gasteiger partial charge in [-0.05, 0) is 59.3 Å². The number of nitrogens with zero attached hydrogens (tertiary/aromatic N) is 1. The molecular formula is C26H18Cl2N2O4. The molecule has 0 saturated carbocycles. The third kappa shape index (κ3) is 5.20. The summed E-state index contributed by atoms with van der Waals surface area (Å²) in [7, 11) is 1.55.